The number of terminal acetylenes is 2. The molecule has 0 fully saturated rings. The first-order valence-corrected chi connectivity index (χ1v) is 9.03. The monoisotopic (exact) mass is 367 g/mol. The Bertz CT molecular complexity index is 739. The molecule has 0 saturated carbocycles. The van der Waals surface area contributed by atoms with Gasteiger partial charge in [0.2, 0.25) is 6.29 Å². The smallest absolute Gasteiger partial charge is 0.286 e. The van der Waals surface area contributed by atoms with Crippen LogP contribution in [0, 0.1) is 30.6 Å². The molecule has 0 saturated heterocycles. The van der Waals surface area contributed by atoms with Crippen molar-refractivity contribution >= 4 is 5.91 Å². The fourth-order valence-electron chi connectivity index (χ4n) is 3.16. The van der Waals surface area contributed by atoms with Gasteiger partial charge in [-0.3, -0.25) is 4.79 Å². The topological polar surface area (TPSA) is 67.8 Å². The van der Waals surface area contributed by atoms with Crippen molar-refractivity contribution in [3.05, 3.63) is 47.2 Å². The van der Waals surface area contributed by atoms with Crippen molar-refractivity contribution in [3.8, 4) is 24.7 Å². The predicted octanol–water partition coefficient (Wildman–Crippen LogP) is 2.17. The van der Waals surface area contributed by atoms with Crippen molar-refractivity contribution in [1.29, 1.82) is 0 Å². The SMILES string of the molecule is C#CCNC(=O)C1=C[C@H](c2ccc(C#C)cc2)[C@H](CCCO)[C@H](OCC)O1. The number of rotatable bonds is 8. The van der Waals surface area contributed by atoms with E-state index in [9.17, 15) is 9.90 Å². The summed E-state index contributed by atoms with van der Waals surface area (Å²) >= 11 is 0. The number of benzene rings is 1. The fourth-order valence-corrected chi connectivity index (χ4v) is 3.16. The van der Waals surface area contributed by atoms with Crippen molar-refractivity contribution in [2.75, 3.05) is 19.8 Å². The molecule has 0 radical (unpaired) electrons. The second-order valence-electron chi connectivity index (χ2n) is 6.18. The van der Waals surface area contributed by atoms with Crippen LogP contribution in [-0.4, -0.2) is 37.1 Å². The minimum Gasteiger partial charge on any atom is -0.459 e. The molecule has 1 heterocycles. The molecular formula is C22H25NO4. The Labute approximate surface area is 160 Å². The first-order chi connectivity index (χ1) is 13.1. The first kappa shape index (κ1) is 20.6. The quantitative estimate of drug-likeness (QED) is 0.691. The normalized spacial score (nSPS) is 21.3. The number of aliphatic hydroxyl groups excluding tert-OH is 1. The Morgan fingerprint density at radius 3 is 2.67 bits per heavy atom. The van der Waals surface area contributed by atoms with Crippen molar-refractivity contribution in [1.82, 2.24) is 5.32 Å². The number of hydrogen-bond acceptors (Lipinski definition) is 4. The maximum atomic E-state index is 12.4. The zero-order chi connectivity index (χ0) is 19.6. The molecule has 2 rings (SSSR count). The van der Waals surface area contributed by atoms with Crippen LogP contribution in [0.5, 0.6) is 0 Å². The third kappa shape index (κ3) is 5.37. The van der Waals surface area contributed by atoms with Crippen molar-refractivity contribution in [3.63, 3.8) is 0 Å². The zero-order valence-corrected chi connectivity index (χ0v) is 15.5. The number of amides is 1. The van der Waals surface area contributed by atoms with Crippen LogP contribution < -0.4 is 5.32 Å². The van der Waals surface area contributed by atoms with Crippen LogP contribution in [-0.2, 0) is 14.3 Å². The highest BCUT2D eigenvalue weighted by Gasteiger charge is 2.37. The average molecular weight is 367 g/mol. The van der Waals surface area contributed by atoms with E-state index in [0.29, 0.717) is 19.4 Å². The van der Waals surface area contributed by atoms with Crippen molar-refractivity contribution in [2.45, 2.75) is 32.0 Å². The summed E-state index contributed by atoms with van der Waals surface area (Å²) in [5.41, 5.74) is 1.79. The lowest BCUT2D eigenvalue weighted by Gasteiger charge is -2.37. The fraction of sp³-hybridized carbons (Fsp3) is 0.409. The van der Waals surface area contributed by atoms with E-state index in [1.807, 2.05) is 31.2 Å². The number of hydrogen-bond donors (Lipinski definition) is 2. The molecule has 2 N–H and O–H groups in total. The summed E-state index contributed by atoms with van der Waals surface area (Å²) in [6, 6.07) is 7.65. The predicted molar refractivity (Wildman–Crippen MR) is 103 cm³/mol. The highest BCUT2D eigenvalue weighted by Crippen LogP contribution is 2.39. The van der Waals surface area contributed by atoms with Crippen LogP contribution in [0.1, 0.15) is 36.8 Å². The largest absolute Gasteiger partial charge is 0.459 e. The summed E-state index contributed by atoms with van der Waals surface area (Å²) in [6.45, 7) is 2.52. The second kappa shape index (κ2) is 10.4. The molecule has 142 valence electrons. The molecule has 27 heavy (non-hydrogen) atoms. The van der Waals surface area contributed by atoms with Gasteiger partial charge in [0.25, 0.3) is 5.91 Å². The molecule has 5 nitrogen and oxygen atoms in total. The molecule has 0 aromatic heterocycles. The Morgan fingerprint density at radius 1 is 1.33 bits per heavy atom. The summed E-state index contributed by atoms with van der Waals surface area (Å²) in [5, 5.41) is 11.9. The third-order valence-electron chi connectivity index (χ3n) is 4.45. The van der Waals surface area contributed by atoms with E-state index in [2.05, 4.69) is 17.2 Å². The zero-order valence-electron chi connectivity index (χ0n) is 15.5. The van der Waals surface area contributed by atoms with E-state index < -0.39 is 6.29 Å². The van der Waals surface area contributed by atoms with Crippen LogP contribution in [0.2, 0.25) is 0 Å². The van der Waals surface area contributed by atoms with E-state index in [0.717, 1.165) is 11.1 Å². The number of nitrogens with one attached hydrogen (secondary N) is 1. The summed E-state index contributed by atoms with van der Waals surface area (Å²) in [6.07, 6.45) is 13.2. The van der Waals surface area contributed by atoms with Gasteiger partial charge in [-0.05, 0) is 43.5 Å². The molecule has 5 heteroatoms. The molecule has 1 amide bonds. The Morgan fingerprint density at radius 2 is 2.07 bits per heavy atom. The second-order valence-corrected chi connectivity index (χ2v) is 6.18. The van der Waals surface area contributed by atoms with Gasteiger partial charge in [0.15, 0.2) is 5.76 Å². The summed E-state index contributed by atoms with van der Waals surface area (Å²) in [4.78, 5) is 12.4. The van der Waals surface area contributed by atoms with E-state index >= 15 is 0 Å². The van der Waals surface area contributed by atoms with Gasteiger partial charge in [-0.25, -0.2) is 0 Å². The molecule has 0 spiro atoms. The Balaban J connectivity index is 2.39. The molecule has 1 aliphatic rings. The molecule has 1 aliphatic heterocycles. The van der Waals surface area contributed by atoms with Crippen LogP contribution in [0.15, 0.2) is 36.1 Å². The molecular weight excluding hydrogens is 342 g/mol. The van der Waals surface area contributed by atoms with Crippen LogP contribution >= 0.6 is 0 Å². The highest BCUT2D eigenvalue weighted by atomic mass is 16.7. The van der Waals surface area contributed by atoms with Crippen molar-refractivity contribution < 1.29 is 19.4 Å². The van der Waals surface area contributed by atoms with E-state index in [-0.39, 0.29) is 36.7 Å². The minimum atomic E-state index is -0.588. The van der Waals surface area contributed by atoms with Gasteiger partial charge in [-0.2, -0.15) is 0 Å². The molecule has 1 aromatic rings. The van der Waals surface area contributed by atoms with Crippen molar-refractivity contribution in [2.24, 2.45) is 5.92 Å². The van der Waals surface area contributed by atoms with Gasteiger partial charge < -0.3 is 19.9 Å². The molecule has 0 aliphatic carbocycles. The van der Waals surface area contributed by atoms with Gasteiger partial charge >= 0.3 is 0 Å². The maximum absolute atomic E-state index is 12.4. The lowest BCUT2D eigenvalue weighted by molar-refractivity contribution is -0.166. The Kier molecular flexibility index (Phi) is 7.95. The van der Waals surface area contributed by atoms with Gasteiger partial charge in [-0.1, -0.05) is 24.0 Å². The number of carbonyl (C=O) groups is 1. The number of ether oxygens (including phenoxy) is 2. The van der Waals surface area contributed by atoms with Crippen LogP contribution in [0.25, 0.3) is 0 Å². The van der Waals surface area contributed by atoms with Gasteiger partial charge in [0.1, 0.15) is 0 Å². The van der Waals surface area contributed by atoms with E-state index in [4.69, 9.17) is 22.3 Å². The maximum Gasteiger partial charge on any atom is 0.286 e. The van der Waals surface area contributed by atoms with Crippen LogP contribution in [0.3, 0.4) is 0 Å². The number of carbonyl (C=O) groups excluding carboxylic acids is 1. The lowest BCUT2D eigenvalue weighted by atomic mass is 9.80. The summed E-state index contributed by atoms with van der Waals surface area (Å²) < 4.78 is 11.6. The van der Waals surface area contributed by atoms with E-state index in [1.165, 1.54) is 0 Å². The van der Waals surface area contributed by atoms with E-state index in [1.54, 1.807) is 6.08 Å². The molecule has 3 atom stereocenters. The van der Waals surface area contributed by atoms with Gasteiger partial charge in [-0.15, -0.1) is 12.8 Å². The Hall–Kier alpha value is -2.73. The molecule has 1 aromatic carbocycles. The van der Waals surface area contributed by atoms with Gasteiger partial charge in [0.05, 0.1) is 6.54 Å². The minimum absolute atomic E-state index is 0.0435. The molecule has 0 bridgehead atoms. The highest BCUT2D eigenvalue weighted by molar-refractivity contribution is 5.91. The molecule has 0 unspecified atom stereocenters. The summed E-state index contributed by atoms with van der Waals surface area (Å²) in [5.74, 6) is 4.64. The van der Waals surface area contributed by atoms with Crippen LogP contribution in [0.4, 0.5) is 0 Å². The average Bonchev–Trinajstić information content (AvgIpc) is 2.70. The summed E-state index contributed by atoms with van der Waals surface area (Å²) in [7, 11) is 0. The number of aliphatic hydroxyl groups is 1. The third-order valence-corrected chi connectivity index (χ3v) is 4.45. The standard InChI is InChI=1S/C22H25NO4/c1-4-13-23-21(25)20-15-19(17-11-9-16(5-2)10-12-17)18(8-7-14-24)22(27-20)26-6-3/h1-2,9-12,15,18-19,22,24H,6-8,13-14H2,3H3,(H,23,25)/t18-,19+,22+/m0/s1. The first-order valence-electron chi connectivity index (χ1n) is 9.03. The van der Waals surface area contributed by atoms with Gasteiger partial charge in [0, 0.05) is 30.6 Å². The number of allylic oxidation sites excluding steroid dienone is 1. The lowest BCUT2D eigenvalue weighted by Crippen LogP contribution is -2.39.